The van der Waals surface area contributed by atoms with Crippen molar-refractivity contribution in [2.45, 2.75) is 26.4 Å². The van der Waals surface area contributed by atoms with E-state index in [-0.39, 0.29) is 5.82 Å². The van der Waals surface area contributed by atoms with Crippen LogP contribution in [-0.4, -0.2) is 20.6 Å². The van der Waals surface area contributed by atoms with Gasteiger partial charge in [-0.25, -0.2) is 18.1 Å². The van der Waals surface area contributed by atoms with Crippen LogP contribution in [0.3, 0.4) is 0 Å². The Labute approximate surface area is 131 Å². The first-order valence-electron chi connectivity index (χ1n) is 6.80. The second kappa shape index (κ2) is 5.21. The molecule has 0 aliphatic heterocycles. The zero-order chi connectivity index (χ0) is 15.9. The molecular formula is C16H15FN2O2S. The Morgan fingerprint density at radius 2 is 2.05 bits per heavy atom. The van der Waals surface area contributed by atoms with E-state index >= 15 is 0 Å². The summed E-state index contributed by atoms with van der Waals surface area (Å²) in [5, 5.41) is 0.647. The Balaban J connectivity index is 2.21. The van der Waals surface area contributed by atoms with Gasteiger partial charge in [-0.05, 0) is 62.6 Å². The normalized spacial score (nSPS) is 11.8. The molecule has 0 aliphatic rings. The molecule has 0 unspecified atom stereocenters. The molecule has 2 heterocycles. The van der Waals surface area contributed by atoms with Crippen molar-refractivity contribution in [2.75, 3.05) is 0 Å². The van der Waals surface area contributed by atoms with Gasteiger partial charge in [0.25, 0.3) is 0 Å². The van der Waals surface area contributed by atoms with Crippen LogP contribution in [0.1, 0.15) is 20.8 Å². The summed E-state index contributed by atoms with van der Waals surface area (Å²) in [5.41, 5.74) is 0.648. The van der Waals surface area contributed by atoms with E-state index in [0.29, 0.717) is 16.6 Å². The minimum Gasteiger partial charge on any atom is -0.443 e. The van der Waals surface area contributed by atoms with Crippen molar-refractivity contribution >= 4 is 28.5 Å². The third-order valence-corrected chi connectivity index (χ3v) is 3.80. The van der Waals surface area contributed by atoms with Gasteiger partial charge in [-0.15, -0.1) is 0 Å². The predicted molar refractivity (Wildman–Crippen MR) is 84.6 cm³/mol. The molecule has 0 radical (unpaired) electrons. The maximum atomic E-state index is 13.5. The Bertz CT molecular complexity index is 832. The van der Waals surface area contributed by atoms with E-state index in [1.165, 1.54) is 28.2 Å². The quantitative estimate of drug-likeness (QED) is 0.654. The monoisotopic (exact) mass is 318 g/mol. The SMILES string of the molecule is CC(C)(C)OC(=O)n1c(-c2ccns2)cc2cc(F)ccc21. The van der Waals surface area contributed by atoms with Gasteiger partial charge in [-0.2, -0.15) is 0 Å². The van der Waals surface area contributed by atoms with Gasteiger partial charge in [-0.3, -0.25) is 0 Å². The molecule has 3 aromatic rings. The second-order valence-electron chi connectivity index (χ2n) is 5.93. The number of carbonyl (C=O) groups is 1. The fraction of sp³-hybridized carbons (Fsp3) is 0.250. The summed E-state index contributed by atoms with van der Waals surface area (Å²) < 4.78 is 24.5. The zero-order valence-corrected chi connectivity index (χ0v) is 13.3. The Hall–Kier alpha value is -2.21. The van der Waals surface area contributed by atoms with Crippen molar-refractivity contribution in [3.63, 3.8) is 0 Å². The van der Waals surface area contributed by atoms with Crippen molar-refractivity contribution in [1.82, 2.24) is 8.94 Å². The summed E-state index contributed by atoms with van der Waals surface area (Å²) in [5.74, 6) is -0.343. The first-order chi connectivity index (χ1) is 10.3. The number of benzene rings is 1. The van der Waals surface area contributed by atoms with E-state index < -0.39 is 11.7 Å². The number of aromatic nitrogens is 2. The highest BCUT2D eigenvalue weighted by atomic mass is 32.1. The van der Waals surface area contributed by atoms with Crippen LogP contribution in [-0.2, 0) is 4.74 Å². The summed E-state index contributed by atoms with van der Waals surface area (Å²) in [6.45, 7) is 5.42. The third kappa shape index (κ3) is 2.74. The highest BCUT2D eigenvalue weighted by Gasteiger charge is 2.23. The third-order valence-electron chi connectivity index (χ3n) is 3.03. The summed E-state index contributed by atoms with van der Waals surface area (Å²) in [4.78, 5) is 13.4. The lowest BCUT2D eigenvalue weighted by molar-refractivity contribution is 0.0547. The first-order valence-corrected chi connectivity index (χ1v) is 7.58. The average Bonchev–Trinajstić information content (AvgIpc) is 3.02. The predicted octanol–water partition coefficient (Wildman–Crippen LogP) is 4.69. The van der Waals surface area contributed by atoms with Gasteiger partial charge in [0, 0.05) is 11.6 Å². The van der Waals surface area contributed by atoms with Crippen LogP contribution in [0.5, 0.6) is 0 Å². The van der Waals surface area contributed by atoms with Gasteiger partial charge in [0.2, 0.25) is 0 Å². The first kappa shape index (κ1) is 14.7. The molecule has 0 fully saturated rings. The lowest BCUT2D eigenvalue weighted by Crippen LogP contribution is -2.27. The molecule has 0 saturated heterocycles. The van der Waals surface area contributed by atoms with Crippen molar-refractivity contribution in [3.8, 4) is 10.6 Å². The number of halogens is 1. The molecule has 3 rings (SSSR count). The minimum absolute atomic E-state index is 0.343. The molecule has 0 saturated carbocycles. The van der Waals surface area contributed by atoms with Gasteiger partial charge in [0.05, 0.1) is 16.1 Å². The zero-order valence-electron chi connectivity index (χ0n) is 12.5. The summed E-state index contributed by atoms with van der Waals surface area (Å²) in [6.07, 6.45) is 1.18. The summed E-state index contributed by atoms with van der Waals surface area (Å²) >= 11 is 1.27. The number of fused-ring (bicyclic) bond motifs is 1. The van der Waals surface area contributed by atoms with Crippen LogP contribution in [0.15, 0.2) is 36.5 Å². The van der Waals surface area contributed by atoms with E-state index in [1.807, 2.05) is 26.8 Å². The molecule has 0 aliphatic carbocycles. The number of rotatable bonds is 1. The van der Waals surface area contributed by atoms with Crippen LogP contribution in [0.4, 0.5) is 9.18 Å². The molecule has 1 aromatic carbocycles. The molecule has 0 N–H and O–H groups in total. The molecule has 114 valence electrons. The summed E-state index contributed by atoms with van der Waals surface area (Å²) in [6, 6.07) is 7.91. The van der Waals surface area contributed by atoms with Gasteiger partial charge in [0.15, 0.2) is 0 Å². The van der Waals surface area contributed by atoms with Crippen LogP contribution in [0, 0.1) is 5.82 Å². The number of nitrogens with zero attached hydrogens (tertiary/aromatic N) is 2. The van der Waals surface area contributed by atoms with Gasteiger partial charge in [-0.1, -0.05) is 0 Å². The minimum atomic E-state index is -0.612. The highest BCUT2D eigenvalue weighted by Crippen LogP contribution is 2.31. The van der Waals surface area contributed by atoms with Gasteiger partial charge < -0.3 is 4.74 Å². The molecule has 0 amide bonds. The average molecular weight is 318 g/mol. The van der Waals surface area contributed by atoms with Crippen molar-refractivity contribution in [3.05, 3.63) is 42.3 Å². The Morgan fingerprint density at radius 3 is 2.68 bits per heavy atom. The molecule has 0 bridgehead atoms. The maximum Gasteiger partial charge on any atom is 0.419 e. The molecular weight excluding hydrogens is 303 g/mol. The number of carbonyl (C=O) groups excluding carboxylic acids is 1. The van der Waals surface area contributed by atoms with Gasteiger partial charge in [0.1, 0.15) is 11.4 Å². The Kier molecular flexibility index (Phi) is 3.48. The van der Waals surface area contributed by atoms with E-state index in [1.54, 1.807) is 18.3 Å². The Morgan fingerprint density at radius 1 is 1.27 bits per heavy atom. The largest absolute Gasteiger partial charge is 0.443 e. The highest BCUT2D eigenvalue weighted by molar-refractivity contribution is 7.09. The van der Waals surface area contributed by atoms with Crippen LogP contribution < -0.4 is 0 Å². The molecule has 4 nitrogen and oxygen atoms in total. The molecule has 0 atom stereocenters. The van der Waals surface area contributed by atoms with E-state index in [4.69, 9.17) is 4.74 Å². The fourth-order valence-electron chi connectivity index (χ4n) is 2.22. The van der Waals surface area contributed by atoms with Crippen molar-refractivity contribution in [2.24, 2.45) is 0 Å². The maximum absolute atomic E-state index is 13.5. The molecule has 6 heteroatoms. The van der Waals surface area contributed by atoms with Crippen LogP contribution >= 0.6 is 11.5 Å². The van der Waals surface area contributed by atoms with Gasteiger partial charge >= 0.3 is 6.09 Å². The molecule has 0 spiro atoms. The van der Waals surface area contributed by atoms with E-state index in [2.05, 4.69) is 4.37 Å². The molecule has 22 heavy (non-hydrogen) atoms. The lowest BCUT2D eigenvalue weighted by atomic mass is 10.2. The lowest BCUT2D eigenvalue weighted by Gasteiger charge is -2.20. The second-order valence-corrected chi connectivity index (χ2v) is 6.76. The van der Waals surface area contributed by atoms with Crippen LogP contribution in [0.25, 0.3) is 21.5 Å². The smallest absolute Gasteiger partial charge is 0.419 e. The number of ether oxygens (including phenoxy) is 1. The van der Waals surface area contributed by atoms with Crippen LogP contribution in [0.2, 0.25) is 0 Å². The standard InChI is InChI=1S/C16H15FN2O2S/c1-16(2,3)21-15(20)19-12-5-4-11(17)8-10(12)9-13(19)14-6-7-18-22-14/h4-9H,1-3H3. The number of hydrogen-bond donors (Lipinski definition) is 0. The van der Waals surface area contributed by atoms with E-state index in [0.717, 1.165) is 4.88 Å². The molecule has 2 aromatic heterocycles. The number of hydrogen-bond acceptors (Lipinski definition) is 4. The van der Waals surface area contributed by atoms with Crippen molar-refractivity contribution < 1.29 is 13.9 Å². The summed E-state index contributed by atoms with van der Waals surface area (Å²) in [7, 11) is 0. The van der Waals surface area contributed by atoms with Crippen molar-refractivity contribution in [1.29, 1.82) is 0 Å². The fourth-order valence-corrected chi connectivity index (χ4v) is 2.82. The topological polar surface area (TPSA) is 44.1 Å². The van der Waals surface area contributed by atoms with E-state index in [9.17, 15) is 9.18 Å².